The second kappa shape index (κ2) is 7.63. The molecule has 4 heterocycles. The van der Waals surface area contributed by atoms with Crippen LogP contribution in [0.15, 0.2) is 49.7 Å². The smallest absolute Gasteiger partial charge is 0.156 e. The SMILES string of the molecule is CCN(C[C@@H](C)N(C)c1cnc(-n2ccnc2)cn1)c1ncnc2[nH]ccc12. The van der Waals surface area contributed by atoms with Crippen LogP contribution in [0.1, 0.15) is 13.8 Å². The zero-order valence-electron chi connectivity index (χ0n) is 16.2. The Hall–Kier alpha value is -3.49. The first-order chi connectivity index (χ1) is 13.7. The Kier molecular flexibility index (Phi) is 4.88. The maximum atomic E-state index is 4.57. The summed E-state index contributed by atoms with van der Waals surface area (Å²) in [7, 11) is 2.03. The van der Waals surface area contributed by atoms with E-state index in [1.165, 1.54) is 0 Å². The molecule has 0 spiro atoms. The minimum absolute atomic E-state index is 0.206. The Morgan fingerprint density at radius 1 is 1.18 bits per heavy atom. The highest BCUT2D eigenvalue weighted by Gasteiger charge is 2.18. The number of imidazole rings is 1. The number of anilines is 2. The first kappa shape index (κ1) is 17.9. The van der Waals surface area contributed by atoms with Gasteiger partial charge in [0.25, 0.3) is 0 Å². The number of rotatable bonds is 7. The summed E-state index contributed by atoms with van der Waals surface area (Å²) in [6.07, 6.45) is 12.3. The van der Waals surface area contributed by atoms with Crippen molar-refractivity contribution in [3.05, 3.63) is 49.7 Å². The van der Waals surface area contributed by atoms with E-state index in [-0.39, 0.29) is 6.04 Å². The molecule has 0 saturated heterocycles. The van der Waals surface area contributed by atoms with Crippen LogP contribution in [-0.4, -0.2) is 60.6 Å². The highest BCUT2D eigenvalue weighted by Crippen LogP contribution is 2.23. The van der Waals surface area contributed by atoms with Gasteiger partial charge in [-0.1, -0.05) is 0 Å². The number of hydrogen-bond donors (Lipinski definition) is 1. The highest BCUT2D eigenvalue weighted by atomic mass is 15.3. The molecule has 0 saturated carbocycles. The van der Waals surface area contributed by atoms with Crippen molar-refractivity contribution in [3.63, 3.8) is 0 Å². The van der Waals surface area contributed by atoms with Crippen molar-refractivity contribution >= 4 is 22.7 Å². The third-order valence-corrected chi connectivity index (χ3v) is 4.91. The van der Waals surface area contributed by atoms with Gasteiger partial charge in [-0.2, -0.15) is 0 Å². The zero-order valence-corrected chi connectivity index (χ0v) is 16.2. The second-order valence-electron chi connectivity index (χ2n) is 6.64. The largest absolute Gasteiger partial charge is 0.354 e. The lowest BCUT2D eigenvalue weighted by Crippen LogP contribution is -2.41. The van der Waals surface area contributed by atoms with Crippen LogP contribution < -0.4 is 9.80 Å². The zero-order chi connectivity index (χ0) is 19.5. The summed E-state index contributed by atoms with van der Waals surface area (Å²) in [5, 5.41) is 1.03. The van der Waals surface area contributed by atoms with Crippen molar-refractivity contribution in [1.29, 1.82) is 0 Å². The summed E-state index contributed by atoms with van der Waals surface area (Å²) in [6.45, 7) is 5.95. The Balaban J connectivity index is 1.50. The molecule has 144 valence electrons. The molecule has 0 aliphatic carbocycles. The van der Waals surface area contributed by atoms with Crippen molar-refractivity contribution in [1.82, 2.24) is 34.5 Å². The fourth-order valence-corrected chi connectivity index (χ4v) is 3.17. The number of nitrogens with one attached hydrogen (secondary N) is 1. The summed E-state index contributed by atoms with van der Waals surface area (Å²) in [5.41, 5.74) is 0.852. The molecule has 0 aliphatic rings. The molecule has 4 aromatic rings. The number of likely N-dealkylation sites (N-methyl/N-ethyl adjacent to an activating group) is 2. The Bertz CT molecular complexity index is 1020. The lowest BCUT2D eigenvalue weighted by molar-refractivity contribution is 0.641. The fraction of sp³-hybridized carbons (Fsp3) is 0.316. The van der Waals surface area contributed by atoms with Crippen LogP contribution in [0.25, 0.3) is 16.9 Å². The van der Waals surface area contributed by atoms with E-state index in [2.05, 4.69) is 53.6 Å². The van der Waals surface area contributed by atoms with Crippen LogP contribution in [0.4, 0.5) is 11.6 Å². The predicted molar refractivity (Wildman–Crippen MR) is 109 cm³/mol. The molecular weight excluding hydrogens is 354 g/mol. The Morgan fingerprint density at radius 2 is 2.07 bits per heavy atom. The van der Waals surface area contributed by atoms with Gasteiger partial charge in [0.1, 0.15) is 29.9 Å². The summed E-state index contributed by atoms with van der Waals surface area (Å²) in [6, 6.07) is 2.22. The topological polar surface area (TPSA) is 91.7 Å². The standard InChI is InChI=1S/C19H23N9/c1-4-27(19-15-5-6-21-18(15)24-12-25-19)11-14(2)26(3)16-9-23-17(10-22-16)28-8-7-20-13-28/h5-10,12-14H,4,11H2,1-3H3,(H,21,24,25)/t14-/m1/s1. The van der Waals surface area contributed by atoms with Gasteiger partial charge >= 0.3 is 0 Å². The van der Waals surface area contributed by atoms with Gasteiger partial charge in [-0.25, -0.2) is 24.9 Å². The second-order valence-corrected chi connectivity index (χ2v) is 6.64. The number of aromatic amines is 1. The maximum absolute atomic E-state index is 4.57. The quantitative estimate of drug-likeness (QED) is 0.528. The van der Waals surface area contributed by atoms with Gasteiger partial charge in [-0.3, -0.25) is 4.57 Å². The molecular formula is C19H23N9. The summed E-state index contributed by atoms with van der Waals surface area (Å²) < 4.78 is 1.83. The van der Waals surface area contributed by atoms with Crippen molar-refractivity contribution in [3.8, 4) is 5.82 Å². The van der Waals surface area contributed by atoms with E-state index in [9.17, 15) is 0 Å². The van der Waals surface area contributed by atoms with Gasteiger partial charge in [0.15, 0.2) is 5.82 Å². The first-order valence-corrected chi connectivity index (χ1v) is 9.23. The molecule has 0 aromatic carbocycles. The third-order valence-electron chi connectivity index (χ3n) is 4.91. The molecule has 1 N–H and O–H groups in total. The molecule has 0 aliphatic heterocycles. The molecule has 4 rings (SSSR count). The van der Waals surface area contributed by atoms with Crippen molar-refractivity contribution in [2.24, 2.45) is 0 Å². The molecule has 0 fully saturated rings. The van der Waals surface area contributed by atoms with Crippen LogP contribution in [0.2, 0.25) is 0 Å². The molecule has 0 unspecified atom stereocenters. The van der Waals surface area contributed by atoms with E-state index in [1.54, 1.807) is 31.2 Å². The normalized spacial score (nSPS) is 12.2. The molecule has 9 nitrogen and oxygen atoms in total. The van der Waals surface area contributed by atoms with E-state index in [4.69, 9.17) is 0 Å². The summed E-state index contributed by atoms with van der Waals surface area (Å²) >= 11 is 0. The van der Waals surface area contributed by atoms with Crippen molar-refractivity contribution < 1.29 is 0 Å². The average molecular weight is 377 g/mol. The number of H-pyrrole nitrogens is 1. The Morgan fingerprint density at radius 3 is 2.79 bits per heavy atom. The molecule has 1 atom stereocenters. The molecule has 0 amide bonds. The van der Waals surface area contributed by atoms with Gasteiger partial charge in [0.05, 0.1) is 17.8 Å². The monoisotopic (exact) mass is 377 g/mol. The third kappa shape index (κ3) is 3.38. The van der Waals surface area contributed by atoms with Crippen molar-refractivity contribution in [2.75, 3.05) is 29.9 Å². The van der Waals surface area contributed by atoms with Crippen LogP contribution >= 0.6 is 0 Å². The van der Waals surface area contributed by atoms with Gasteiger partial charge in [0, 0.05) is 44.8 Å². The summed E-state index contributed by atoms with van der Waals surface area (Å²) in [4.78, 5) is 29.4. The van der Waals surface area contributed by atoms with Crippen LogP contribution in [0, 0.1) is 0 Å². The highest BCUT2D eigenvalue weighted by molar-refractivity contribution is 5.87. The molecule has 0 bridgehead atoms. The van der Waals surface area contributed by atoms with Crippen LogP contribution in [0.5, 0.6) is 0 Å². The number of aromatic nitrogens is 7. The number of nitrogens with zero attached hydrogens (tertiary/aromatic N) is 8. The van der Waals surface area contributed by atoms with Gasteiger partial charge in [-0.05, 0) is 19.9 Å². The van der Waals surface area contributed by atoms with Crippen molar-refractivity contribution in [2.45, 2.75) is 19.9 Å². The predicted octanol–water partition coefficient (Wildman–Crippen LogP) is 2.28. The van der Waals surface area contributed by atoms with Gasteiger partial charge < -0.3 is 14.8 Å². The van der Waals surface area contributed by atoms with E-state index < -0.39 is 0 Å². The van der Waals surface area contributed by atoms with Gasteiger partial charge in [0.2, 0.25) is 0 Å². The summed E-state index contributed by atoms with van der Waals surface area (Å²) in [5.74, 6) is 2.51. The van der Waals surface area contributed by atoms with E-state index >= 15 is 0 Å². The lowest BCUT2D eigenvalue weighted by Gasteiger charge is -2.32. The first-order valence-electron chi connectivity index (χ1n) is 9.23. The Labute approximate surface area is 163 Å². The van der Waals surface area contributed by atoms with E-state index in [1.807, 2.05) is 30.1 Å². The molecule has 9 heteroatoms. The number of fused-ring (bicyclic) bond motifs is 1. The van der Waals surface area contributed by atoms with Crippen LogP contribution in [-0.2, 0) is 0 Å². The van der Waals surface area contributed by atoms with E-state index in [0.717, 1.165) is 41.6 Å². The average Bonchev–Trinajstić information content (AvgIpc) is 3.43. The van der Waals surface area contributed by atoms with E-state index in [0.29, 0.717) is 0 Å². The lowest BCUT2D eigenvalue weighted by atomic mass is 10.2. The molecule has 28 heavy (non-hydrogen) atoms. The van der Waals surface area contributed by atoms with Crippen LogP contribution in [0.3, 0.4) is 0 Å². The van der Waals surface area contributed by atoms with Gasteiger partial charge in [-0.15, -0.1) is 0 Å². The molecule has 4 aromatic heterocycles. The molecule has 0 radical (unpaired) electrons. The maximum Gasteiger partial charge on any atom is 0.156 e. The minimum atomic E-state index is 0.206. The fourth-order valence-electron chi connectivity index (χ4n) is 3.17. The minimum Gasteiger partial charge on any atom is -0.354 e. The number of hydrogen-bond acceptors (Lipinski definition) is 7.